The highest BCUT2D eigenvalue weighted by atomic mass is 16.5. The number of pyridine rings is 3. The molecule has 28 heavy (non-hydrogen) atoms. The predicted octanol–water partition coefficient (Wildman–Crippen LogP) is 3.25. The molecule has 3 aromatic heterocycles. The SMILES string of the molecule is COc1cc(C(=O)Nc2cc(-c3ccncc3)c[nH]c2=O)nc2ccccc12. The summed E-state index contributed by atoms with van der Waals surface area (Å²) in [5.41, 5.74) is 2.14. The molecule has 4 rings (SSSR count). The van der Waals surface area contributed by atoms with E-state index in [1.807, 2.05) is 30.3 Å². The molecule has 0 radical (unpaired) electrons. The van der Waals surface area contributed by atoms with Gasteiger partial charge >= 0.3 is 0 Å². The molecule has 0 saturated heterocycles. The topological polar surface area (TPSA) is 97.0 Å². The van der Waals surface area contributed by atoms with Crippen LogP contribution in [0.15, 0.2) is 71.9 Å². The molecule has 0 atom stereocenters. The van der Waals surface area contributed by atoms with Crippen molar-refractivity contribution in [2.24, 2.45) is 0 Å². The number of ether oxygens (including phenoxy) is 1. The quantitative estimate of drug-likeness (QED) is 0.573. The molecule has 0 fully saturated rings. The van der Waals surface area contributed by atoms with Crippen LogP contribution in [0.4, 0.5) is 5.69 Å². The fraction of sp³-hybridized carbons (Fsp3) is 0.0476. The summed E-state index contributed by atoms with van der Waals surface area (Å²) in [5, 5.41) is 3.44. The largest absolute Gasteiger partial charge is 0.496 e. The molecular weight excluding hydrogens is 356 g/mol. The number of para-hydroxylation sites is 1. The standard InChI is InChI=1S/C21H16N4O3/c1-28-19-11-18(24-16-5-3-2-4-15(16)19)21(27)25-17-10-14(12-23-20(17)26)13-6-8-22-9-7-13/h2-12H,1H3,(H,23,26)(H,25,27). The van der Waals surface area contributed by atoms with Gasteiger partial charge in [0, 0.05) is 35.6 Å². The average molecular weight is 372 g/mol. The van der Waals surface area contributed by atoms with Gasteiger partial charge in [-0.15, -0.1) is 0 Å². The second-order valence-corrected chi connectivity index (χ2v) is 6.05. The number of hydrogen-bond donors (Lipinski definition) is 2. The third kappa shape index (κ3) is 3.33. The predicted molar refractivity (Wildman–Crippen MR) is 107 cm³/mol. The van der Waals surface area contributed by atoms with Crippen LogP contribution in [0.3, 0.4) is 0 Å². The minimum Gasteiger partial charge on any atom is -0.496 e. The average Bonchev–Trinajstić information content (AvgIpc) is 2.75. The summed E-state index contributed by atoms with van der Waals surface area (Å²) in [4.78, 5) is 35.9. The molecule has 1 amide bonds. The molecule has 4 aromatic rings. The number of anilines is 1. The number of hydrogen-bond acceptors (Lipinski definition) is 5. The van der Waals surface area contributed by atoms with Gasteiger partial charge in [-0.2, -0.15) is 0 Å². The number of aromatic amines is 1. The lowest BCUT2D eigenvalue weighted by atomic mass is 10.1. The van der Waals surface area contributed by atoms with Crippen LogP contribution >= 0.6 is 0 Å². The third-order valence-electron chi connectivity index (χ3n) is 4.30. The molecule has 2 N–H and O–H groups in total. The lowest BCUT2D eigenvalue weighted by Crippen LogP contribution is -2.20. The Bertz CT molecular complexity index is 1220. The molecule has 0 spiro atoms. The van der Waals surface area contributed by atoms with Gasteiger partial charge in [-0.3, -0.25) is 14.6 Å². The highest BCUT2D eigenvalue weighted by molar-refractivity contribution is 6.05. The molecule has 3 heterocycles. The summed E-state index contributed by atoms with van der Waals surface area (Å²) < 4.78 is 5.38. The smallest absolute Gasteiger partial charge is 0.274 e. The molecule has 0 aliphatic rings. The Morgan fingerprint density at radius 3 is 2.64 bits per heavy atom. The normalized spacial score (nSPS) is 10.6. The van der Waals surface area contributed by atoms with Gasteiger partial charge in [-0.25, -0.2) is 4.98 Å². The number of amides is 1. The first kappa shape index (κ1) is 17.4. The number of methoxy groups -OCH3 is 1. The summed E-state index contributed by atoms with van der Waals surface area (Å²) in [6.45, 7) is 0. The molecule has 0 aliphatic carbocycles. The zero-order valence-corrected chi connectivity index (χ0v) is 15.0. The molecule has 0 aliphatic heterocycles. The van der Waals surface area contributed by atoms with Gasteiger partial charge in [0.2, 0.25) is 0 Å². The Labute approximate surface area is 160 Å². The Kier molecular flexibility index (Phi) is 4.55. The van der Waals surface area contributed by atoms with Crippen LogP contribution in [-0.2, 0) is 0 Å². The van der Waals surface area contributed by atoms with Crippen LogP contribution in [0.5, 0.6) is 5.75 Å². The van der Waals surface area contributed by atoms with Crippen LogP contribution in [-0.4, -0.2) is 28.0 Å². The number of aromatic nitrogens is 3. The van der Waals surface area contributed by atoms with Gasteiger partial charge in [0.15, 0.2) is 0 Å². The van der Waals surface area contributed by atoms with Crippen molar-refractivity contribution >= 4 is 22.5 Å². The number of carbonyl (C=O) groups excluding carboxylic acids is 1. The van der Waals surface area contributed by atoms with E-state index < -0.39 is 11.5 Å². The fourth-order valence-electron chi connectivity index (χ4n) is 2.90. The third-order valence-corrected chi connectivity index (χ3v) is 4.30. The van der Waals surface area contributed by atoms with Crippen molar-refractivity contribution in [1.29, 1.82) is 0 Å². The van der Waals surface area contributed by atoms with Crippen molar-refractivity contribution in [1.82, 2.24) is 15.0 Å². The van der Waals surface area contributed by atoms with Gasteiger partial charge in [-0.1, -0.05) is 12.1 Å². The van der Waals surface area contributed by atoms with E-state index in [1.54, 1.807) is 36.8 Å². The minimum atomic E-state index is -0.499. The molecule has 7 heteroatoms. The van der Waals surface area contributed by atoms with E-state index in [1.165, 1.54) is 7.11 Å². The maximum atomic E-state index is 12.7. The molecule has 1 aromatic carbocycles. The minimum absolute atomic E-state index is 0.133. The van der Waals surface area contributed by atoms with E-state index >= 15 is 0 Å². The Morgan fingerprint density at radius 1 is 1.07 bits per heavy atom. The monoisotopic (exact) mass is 372 g/mol. The number of carbonyl (C=O) groups is 1. The van der Waals surface area contributed by atoms with Crippen molar-refractivity contribution in [3.05, 3.63) is 83.2 Å². The van der Waals surface area contributed by atoms with Crippen molar-refractivity contribution in [2.45, 2.75) is 0 Å². The molecular formula is C21H16N4O3. The molecule has 0 bridgehead atoms. The number of rotatable bonds is 4. The van der Waals surface area contributed by atoms with Crippen LogP contribution in [0.2, 0.25) is 0 Å². The number of benzene rings is 1. The van der Waals surface area contributed by atoms with E-state index in [-0.39, 0.29) is 11.4 Å². The van der Waals surface area contributed by atoms with Gasteiger partial charge in [0.1, 0.15) is 17.1 Å². The van der Waals surface area contributed by atoms with Crippen LogP contribution in [0, 0.1) is 0 Å². The molecule has 0 unspecified atom stereocenters. The number of H-pyrrole nitrogens is 1. The van der Waals surface area contributed by atoms with Crippen molar-refractivity contribution in [3.63, 3.8) is 0 Å². The van der Waals surface area contributed by atoms with Gasteiger partial charge in [0.25, 0.3) is 11.5 Å². The second kappa shape index (κ2) is 7.32. The van der Waals surface area contributed by atoms with Gasteiger partial charge in [0.05, 0.1) is 12.6 Å². The lowest BCUT2D eigenvalue weighted by Gasteiger charge is -2.09. The summed E-state index contributed by atoms with van der Waals surface area (Å²) in [5.74, 6) is 0.0385. The van der Waals surface area contributed by atoms with E-state index in [4.69, 9.17) is 4.74 Å². The summed E-state index contributed by atoms with van der Waals surface area (Å²) in [7, 11) is 1.53. The first-order chi connectivity index (χ1) is 13.7. The molecule has 138 valence electrons. The van der Waals surface area contributed by atoms with E-state index in [0.717, 1.165) is 16.5 Å². The Hall–Kier alpha value is -4.00. The second-order valence-electron chi connectivity index (χ2n) is 6.05. The van der Waals surface area contributed by atoms with Crippen LogP contribution in [0.1, 0.15) is 10.5 Å². The first-order valence-electron chi connectivity index (χ1n) is 8.54. The Balaban J connectivity index is 1.69. The van der Waals surface area contributed by atoms with Crippen LogP contribution in [0.25, 0.3) is 22.0 Å². The molecule has 7 nitrogen and oxygen atoms in total. The maximum Gasteiger partial charge on any atom is 0.274 e. The van der Waals surface area contributed by atoms with Gasteiger partial charge < -0.3 is 15.0 Å². The van der Waals surface area contributed by atoms with E-state index in [2.05, 4.69) is 20.3 Å². The van der Waals surface area contributed by atoms with Crippen LogP contribution < -0.4 is 15.6 Å². The van der Waals surface area contributed by atoms with E-state index in [0.29, 0.717) is 11.3 Å². The zero-order valence-electron chi connectivity index (χ0n) is 15.0. The maximum absolute atomic E-state index is 12.7. The number of fused-ring (bicyclic) bond motifs is 1. The summed E-state index contributed by atoms with van der Waals surface area (Å²) in [6, 6.07) is 14.2. The fourth-order valence-corrected chi connectivity index (χ4v) is 2.90. The highest BCUT2D eigenvalue weighted by Crippen LogP contribution is 2.25. The lowest BCUT2D eigenvalue weighted by molar-refractivity contribution is 0.102. The molecule has 0 saturated carbocycles. The van der Waals surface area contributed by atoms with Crippen molar-refractivity contribution in [3.8, 4) is 16.9 Å². The highest BCUT2D eigenvalue weighted by Gasteiger charge is 2.14. The number of nitrogens with one attached hydrogen (secondary N) is 2. The Morgan fingerprint density at radius 2 is 1.86 bits per heavy atom. The van der Waals surface area contributed by atoms with E-state index in [9.17, 15) is 9.59 Å². The number of nitrogens with zero attached hydrogens (tertiary/aromatic N) is 2. The van der Waals surface area contributed by atoms with Gasteiger partial charge in [-0.05, 0) is 35.9 Å². The summed E-state index contributed by atoms with van der Waals surface area (Å²) >= 11 is 0. The first-order valence-corrected chi connectivity index (χ1v) is 8.54. The zero-order chi connectivity index (χ0) is 19.5. The summed E-state index contributed by atoms with van der Waals surface area (Å²) in [6.07, 6.45) is 4.90. The van der Waals surface area contributed by atoms with Crippen molar-refractivity contribution in [2.75, 3.05) is 12.4 Å². The van der Waals surface area contributed by atoms with Crippen molar-refractivity contribution < 1.29 is 9.53 Å².